The lowest BCUT2D eigenvalue weighted by Gasteiger charge is -2.28. The first-order valence-electron chi connectivity index (χ1n) is 6.39. The van der Waals surface area contributed by atoms with E-state index in [1.807, 2.05) is 25.1 Å². The third-order valence-electron chi connectivity index (χ3n) is 3.16. The molecule has 1 unspecified atom stereocenters. The van der Waals surface area contributed by atoms with Crippen molar-refractivity contribution in [3.8, 4) is 0 Å². The Morgan fingerprint density at radius 2 is 1.88 bits per heavy atom. The van der Waals surface area contributed by atoms with Crippen molar-refractivity contribution in [1.82, 2.24) is 0 Å². The molecule has 0 radical (unpaired) electrons. The molecule has 0 aromatic heterocycles. The maximum absolute atomic E-state index is 12.0. The molecule has 2 heteroatoms. The van der Waals surface area contributed by atoms with Crippen LogP contribution in [0.5, 0.6) is 0 Å². The van der Waals surface area contributed by atoms with Gasteiger partial charge in [0, 0.05) is 0 Å². The molecule has 2 nitrogen and oxygen atoms in total. The molecular formula is C15H22O2. The maximum Gasteiger partial charge on any atom is 0.338 e. The summed E-state index contributed by atoms with van der Waals surface area (Å²) < 4.78 is 5.64. The predicted octanol–water partition coefficient (Wildman–Crippen LogP) is 4.20. The molecule has 0 saturated heterocycles. The lowest BCUT2D eigenvalue weighted by molar-refractivity contribution is -0.0162. The molecule has 0 aliphatic carbocycles. The van der Waals surface area contributed by atoms with Gasteiger partial charge in [0.25, 0.3) is 0 Å². The van der Waals surface area contributed by atoms with Gasteiger partial charge in [0.15, 0.2) is 0 Å². The van der Waals surface area contributed by atoms with Crippen LogP contribution in [0.1, 0.15) is 56.8 Å². The number of hydrogen-bond donors (Lipinski definition) is 0. The number of rotatable bonds is 6. The molecule has 17 heavy (non-hydrogen) atoms. The van der Waals surface area contributed by atoms with Gasteiger partial charge in [0.2, 0.25) is 0 Å². The van der Waals surface area contributed by atoms with Crippen molar-refractivity contribution in [1.29, 1.82) is 0 Å². The zero-order chi connectivity index (χ0) is 12.7. The van der Waals surface area contributed by atoms with Crippen LogP contribution in [-0.2, 0) is 4.74 Å². The Morgan fingerprint density at radius 1 is 1.24 bits per heavy atom. The van der Waals surface area contributed by atoms with Gasteiger partial charge in [-0.3, -0.25) is 0 Å². The van der Waals surface area contributed by atoms with Gasteiger partial charge in [-0.05, 0) is 38.3 Å². The van der Waals surface area contributed by atoms with E-state index in [2.05, 4.69) is 13.8 Å². The first-order chi connectivity index (χ1) is 8.11. The number of unbranched alkanes of at least 4 members (excludes halogenated alkanes) is 1. The van der Waals surface area contributed by atoms with Gasteiger partial charge in [-0.2, -0.15) is 0 Å². The maximum atomic E-state index is 12.0. The molecule has 0 N–H and O–H groups in total. The smallest absolute Gasteiger partial charge is 0.338 e. The third kappa shape index (κ3) is 4.22. The fourth-order valence-corrected chi connectivity index (χ4v) is 1.71. The van der Waals surface area contributed by atoms with Crippen molar-refractivity contribution in [3.63, 3.8) is 0 Å². The second-order valence-electron chi connectivity index (χ2n) is 4.66. The Hall–Kier alpha value is -1.31. The number of ether oxygens (including phenoxy) is 1. The van der Waals surface area contributed by atoms with E-state index in [1.165, 1.54) is 0 Å². The largest absolute Gasteiger partial charge is 0.456 e. The van der Waals surface area contributed by atoms with Crippen LogP contribution in [0.2, 0.25) is 0 Å². The normalized spacial score (nSPS) is 14.1. The summed E-state index contributed by atoms with van der Waals surface area (Å²) in [5, 5.41) is 0. The van der Waals surface area contributed by atoms with Crippen LogP contribution in [0.15, 0.2) is 30.3 Å². The zero-order valence-corrected chi connectivity index (χ0v) is 11.0. The Bertz CT molecular complexity index is 345. The molecule has 0 heterocycles. The molecule has 0 bridgehead atoms. The summed E-state index contributed by atoms with van der Waals surface area (Å²) in [6.07, 6.45) is 4.00. The number of carbonyl (C=O) groups is 1. The van der Waals surface area contributed by atoms with Crippen molar-refractivity contribution in [3.05, 3.63) is 35.9 Å². The highest BCUT2D eigenvalue weighted by molar-refractivity contribution is 5.89. The summed E-state index contributed by atoms with van der Waals surface area (Å²) in [5.41, 5.74) is 0.298. The van der Waals surface area contributed by atoms with Crippen LogP contribution in [-0.4, -0.2) is 11.6 Å². The molecule has 0 fully saturated rings. The fraction of sp³-hybridized carbons (Fsp3) is 0.533. The molecule has 0 saturated carbocycles. The van der Waals surface area contributed by atoms with E-state index in [0.717, 1.165) is 25.7 Å². The molecule has 1 aromatic carbocycles. The average molecular weight is 234 g/mol. The van der Waals surface area contributed by atoms with E-state index in [0.29, 0.717) is 5.56 Å². The van der Waals surface area contributed by atoms with Crippen molar-refractivity contribution in [2.45, 2.75) is 52.1 Å². The summed E-state index contributed by atoms with van der Waals surface area (Å²) in [6.45, 7) is 6.23. The molecule has 94 valence electrons. The highest BCUT2D eigenvalue weighted by atomic mass is 16.6. The fourth-order valence-electron chi connectivity index (χ4n) is 1.71. The van der Waals surface area contributed by atoms with E-state index in [4.69, 9.17) is 4.74 Å². The van der Waals surface area contributed by atoms with Crippen LogP contribution in [0.4, 0.5) is 0 Å². The van der Waals surface area contributed by atoms with E-state index < -0.39 is 0 Å². The Labute approximate surface area is 104 Å². The summed E-state index contributed by atoms with van der Waals surface area (Å²) in [6, 6.07) is 9.18. The number of benzene rings is 1. The van der Waals surface area contributed by atoms with Gasteiger partial charge in [0.1, 0.15) is 5.60 Å². The molecule has 0 spiro atoms. The monoisotopic (exact) mass is 234 g/mol. The predicted molar refractivity (Wildman–Crippen MR) is 70.1 cm³/mol. The summed E-state index contributed by atoms with van der Waals surface area (Å²) in [4.78, 5) is 12.0. The summed E-state index contributed by atoms with van der Waals surface area (Å²) >= 11 is 0. The highest BCUT2D eigenvalue weighted by Crippen LogP contribution is 2.24. The number of hydrogen-bond acceptors (Lipinski definition) is 2. The highest BCUT2D eigenvalue weighted by Gasteiger charge is 2.26. The molecule has 1 rings (SSSR count). The van der Waals surface area contributed by atoms with Crippen LogP contribution in [0, 0.1) is 0 Å². The Morgan fingerprint density at radius 3 is 2.41 bits per heavy atom. The second kappa shape index (κ2) is 6.43. The quantitative estimate of drug-likeness (QED) is 0.689. The van der Waals surface area contributed by atoms with Gasteiger partial charge in [-0.15, -0.1) is 0 Å². The van der Waals surface area contributed by atoms with Crippen LogP contribution in [0.3, 0.4) is 0 Å². The summed E-state index contributed by atoms with van der Waals surface area (Å²) in [5.74, 6) is -0.217. The van der Waals surface area contributed by atoms with Crippen molar-refractivity contribution in [2.75, 3.05) is 0 Å². The average Bonchev–Trinajstić information content (AvgIpc) is 2.37. The van der Waals surface area contributed by atoms with Gasteiger partial charge < -0.3 is 4.74 Å². The minimum Gasteiger partial charge on any atom is -0.456 e. The second-order valence-corrected chi connectivity index (χ2v) is 4.66. The zero-order valence-electron chi connectivity index (χ0n) is 11.0. The topological polar surface area (TPSA) is 26.3 Å². The minimum atomic E-state index is -0.330. The molecule has 0 aliphatic rings. The van der Waals surface area contributed by atoms with Crippen LogP contribution < -0.4 is 0 Å². The molecule has 1 aromatic rings. The van der Waals surface area contributed by atoms with Gasteiger partial charge >= 0.3 is 5.97 Å². The van der Waals surface area contributed by atoms with Crippen molar-refractivity contribution >= 4 is 5.97 Å². The van der Waals surface area contributed by atoms with Crippen LogP contribution in [0.25, 0.3) is 0 Å². The van der Waals surface area contributed by atoms with Gasteiger partial charge in [-0.1, -0.05) is 38.5 Å². The minimum absolute atomic E-state index is 0.217. The van der Waals surface area contributed by atoms with Crippen LogP contribution >= 0.6 is 0 Å². The molecular weight excluding hydrogens is 212 g/mol. The van der Waals surface area contributed by atoms with E-state index in [-0.39, 0.29) is 11.6 Å². The third-order valence-corrected chi connectivity index (χ3v) is 3.16. The lowest BCUT2D eigenvalue weighted by atomic mass is 9.96. The van der Waals surface area contributed by atoms with E-state index in [1.54, 1.807) is 12.1 Å². The van der Waals surface area contributed by atoms with Crippen molar-refractivity contribution < 1.29 is 9.53 Å². The Balaban J connectivity index is 2.65. The van der Waals surface area contributed by atoms with Crippen molar-refractivity contribution in [2.24, 2.45) is 0 Å². The van der Waals surface area contributed by atoms with Gasteiger partial charge in [0.05, 0.1) is 5.56 Å². The van der Waals surface area contributed by atoms with Gasteiger partial charge in [-0.25, -0.2) is 4.79 Å². The number of carbonyl (C=O) groups excluding carboxylic acids is 1. The first kappa shape index (κ1) is 13.8. The summed E-state index contributed by atoms with van der Waals surface area (Å²) in [7, 11) is 0. The standard InChI is InChI=1S/C15H22O2/c1-4-6-12-15(3,5-2)17-14(16)13-10-8-7-9-11-13/h7-11H,4-6,12H2,1-3H3. The SMILES string of the molecule is CCCCC(C)(CC)OC(=O)c1ccccc1. The first-order valence-corrected chi connectivity index (χ1v) is 6.39. The molecule has 0 aliphatic heterocycles. The molecule has 1 atom stereocenters. The number of esters is 1. The molecule has 0 amide bonds. The van der Waals surface area contributed by atoms with E-state index >= 15 is 0 Å². The lowest BCUT2D eigenvalue weighted by Crippen LogP contribution is -2.31. The van der Waals surface area contributed by atoms with E-state index in [9.17, 15) is 4.79 Å². The Kier molecular flexibility index (Phi) is 5.20.